The van der Waals surface area contributed by atoms with E-state index >= 15 is 0 Å². The molecule has 0 aromatic carbocycles. The van der Waals surface area contributed by atoms with Crippen LogP contribution in [0.5, 0.6) is 0 Å². The quantitative estimate of drug-likeness (QED) is 0.547. The minimum atomic E-state index is 0.910. The molecule has 0 radical (unpaired) electrons. The zero-order chi connectivity index (χ0) is 17.0. The van der Waals surface area contributed by atoms with Gasteiger partial charge >= 0.3 is 0 Å². The van der Waals surface area contributed by atoms with Crippen LogP contribution in [0.4, 0.5) is 11.6 Å². The lowest BCUT2D eigenvalue weighted by Crippen LogP contribution is -2.05. The molecule has 4 heteroatoms. The van der Waals surface area contributed by atoms with Crippen molar-refractivity contribution in [2.75, 3.05) is 23.7 Å². The number of nitrogens with zero attached hydrogens (tertiary/aromatic N) is 2. The van der Waals surface area contributed by atoms with Crippen LogP contribution in [-0.4, -0.2) is 23.1 Å². The number of aromatic nitrogens is 2. The Hall–Kier alpha value is -2.10. The maximum absolute atomic E-state index is 4.69. The summed E-state index contributed by atoms with van der Waals surface area (Å²) >= 11 is 0. The number of hydrogen-bond acceptors (Lipinski definition) is 4. The van der Waals surface area contributed by atoms with Crippen LogP contribution in [0.25, 0.3) is 11.4 Å². The molecular weight excluding hydrogens is 296 g/mol. The Morgan fingerprint density at radius 2 is 1.12 bits per heavy atom. The van der Waals surface area contributed by atoms with Crippen molar-refractivity contribution in [1.82, 2.24) is 9.97 Å². The van der Waals surface area contributed by atoms with Gasteiger partial charge in [-0.1, -0.05) is 51.7 Å². The van der Waals surface area contributed by atoms with Gasteiger partial charge in [0.25, 0.3) is 0 Å². The van der Waals surface area contributed by atoms with Crippen molar-refractivity contribution in [2.24, 2.45) is 0 Å². The highest BCUT2D eigenvalue weighted by Crippen LogP contribution is 2.18. The third-order valence-corrected chi connectivity index (χ3v) is 3.93. The Balaban J connectivity index is 1.97. The van der Waals surface area contributed by atoms with Crippen molar-refractivity contribution in [2.45, 2.75) is 52.4 Å². The van der Waals surface area contributed by atoms with Crippen molar-refractivity contribution in [3.63, 3.8) is 0 Å². The number of hydrogen-bond donors (Lipinski definition) is 2. The van der Waals surface area contributed by atoms with Gasteiger partial charge in [0, 0.05) is 13.1 Å². The van der Waals surface area contributed by atoms with Crippen LogP contribution in [-0.2, 0) is 0 Å². The van der Waals surface area contributed by atoms with Gasteiger partial charge in [-0.2, -0.15) is 0 Å². The van der Waals surface area contributed by atoms with E-state index in [4.69, 9.17) is 9.97 Å². The molecule has 130 valence electrons. The second kappa shape index (κ2) is 10.6. The summed E-state index contributed by atoms with van der Waals surface area (Å²) in [6.07, 6.45) is 7.32. The first-order valence-electron chi connectivity index (χ1n) is 9.25. The summed E-state index contributed by atoms with van der Waals surface area (Å²) in [6, 6.07) is 12.1. The van der Waals surface area contributed by atoms with Gasteiger partial charge in [0.1, 0.15) is 11.6 Å². The monoisotopic (exact) mass is 326 g/mol. The van der Waals surface area contributed by atoms with E-state index in [1.807, 2.05) is 36.4 Å². The molecular formula is C20H30N4. The molecule has 0 aliphatic rings. The van der Waals surface area contributed by atoms with E-state index in [-0.39, 0.29) is 0 Å². The zero-order valence-electron chi connectivity index (χ0n) is 15.0. The summed E-state index contributed by atoms with van der Waals surface area (Å²) in [5.74, 6) is 1.85. The maximum Gasteiger partial charge on any atom is 0.126 e. The summed E-state index contributed by atoms with van der Waals surface area (Å²) in [5.41, 5.74) is 1.82. The Morgan fingerprint density at radius 3 is 1.54 bits per heavy atom. The molecule has 24 heavy (non-hydrogen) atoms. The highest BCUT2D eigenvalue weighted by molar-refractivity contribution is 5.59. The third kappa shape index (κ3) is 6.19. The van der Waals surface area contributed by atoms with E-state index in [1.54, 1.807) is 0 Å². The lowest BCUT2D eigenvalue weighted by atomic mass is 10.2. The minimum Gasteiger partial charge on any atom is -0.370 e. The van der Waals surface area contributed by atoms with Gasteiger partial charge in [-0.05, 0) is 37.1 Å². The molecule has 0 saturated heterocycles. The molecule has 0 aliphatic heterocycles. The topological polar surface area (TPSA) is 49.8 Å². The fourth-order valence-electron chi connectivity index (χ4n) is 2.53. The van der Waals surface area contributed by atoms with Crippen LogP contribution < -0.4 is 10.6 Å². The van der Waals surface area contributed by atoms with Crippen LogP contribution in [0.1, 0.15) is 52.4 Å². The van der Waals surface area contributed by atoms with Crippen molar-refractivity contribution >= 4 is 11.6 Å². The average molecular weight is 326 g/mol. The molecule has 0 fully saturated rings. The molecule has 2 N–H and O–H groups in total. The molecule has 0 amide bonds. The van der Waals surface area contributed by atoms with Crippen LogP contribution in [0.2, 0.25) is 0 Å². The molecule has 2 rings (SSSR count). The Bertz CT molecular complexity index is 544. The number of nitrogens with one attached hydrogen (secondary N) is 2. The molecule has 0 bridgehead atoms. The Morgan fingerprint density at radius 1 is 0.667 bits per heavy atom. The van der Waals surface area contributed by atoms with Gasteiger partial charge in [0.2, 0.25) is 0 Å². The lowest BCUT2D eigenvalue weighted by Gasteiger charge is -2.09. The van der Waals surface area contributed by atoms with Gasteiger partial charge in [0.15, 0.2) is 0 Å². The van der Waals surface area contributed by atoms with Gasteiger partial charge in [-0.25, -0.2) is 9.97 Å². The number of anilines is 2. The number of rotatable bonds is 11. The van der Waals surface area contributed by atoms with Gasteiger partial charge in [-0.15, -0.1) is 0 Å². The van der Waals surface area contributed by atoms with Crippen molar-refractivity contribution in [3.05, 3.63) is 36.4 Å². The molecule has 4 nitrogen and oxygen atoms in total. The van der Waals surface area contributed by atoms with E-state index in [2.05, 4.69) is 24.5 Å². The number of pyridine rings is 2. The number of unbranched alkanes of at least 4 members (excludes halogenated alkanes) is 4. The maximum atomic E-state index is 4.69. The molecule has 0 unspecified atom stereocenters. The second-order valence-corrected chi connectivity index (χ2v) is 6.08. The highest BCUT2D eigenvalue weighted by Gasteiger charge is 2.04. The van der Waals surface area contributed by atoms with Crippen molar-refractivity contribution in [3.8, 4) is 11.4 Å². The summed E-state index contributed by atoms with van der Waals surface area (Å²) < 4.78 is 0. The van der Waals surface area contributed by atoms with Crippen molar-refractivity contribution in [1.29, 1.82) is 0 Å². The molecule has 2 heterocycles. The Labute approximate surface area is 146 Å². The molecule has 2 aromatic heterocycles. The van der Waals surface area contributed by atoms with E-state index in [0.29, 0.717) is 0 Å². The first-order chi connectivity index (χ1) is 11.8. The fourth-order valence-corrected chi connectivity index (χ4v) is 2.53. The SMILES string of the molecule is CCCCCNc1cccc(-c2cccc(NCCCCC)n2)n1. The highest BCUT2D eigenvalue weighted by atomic mass is 15.0. The Kier molecular flexibility index (Phi) is 8.08. The molecule has 0 atom stereocenters. The van der Waals surface area contributed by atoms with Crippen LogP contribution in [0.3, 0.4) is 0 Å². The first-order valence-corrected chi connectivity index (χ1v) is 9.25. The first kappa shape index (κ1) is 18.2. The zero-order valence-corrected chi connectivity index (χ0v) is 15.0. The standard InChI is InChI=1S/C20H30N4/c1-3-5-7-15-21-19-13-9-11-17(23-19)18-12-10-14-20(24-18)22-16-8-6-4-2/h9-14H,3-8,15-16H2,1-2H3,(H,21,23)(H,22,24). The lowest BCUT2D eigenvalue weighted by molar-refractivity contribution is 0.742. The van der Waals surface area contributed by atoms with E-state index in [0.717, 1.165) is 36.1 Å². The van der Waals surface area contributed by atoms with Crippen molar-refractivity contribution < 1.29 is 0 Å². The summed E-state index contributed by atoms with van der Waals surface area (Å²) in [4.78, 5) is 9.38. The van der Waals surface area contributed by atoms with Crippen LogP contribution in [0.15, 0.2) is 36.4 Å². The van der Waals surface area contributed by atoms with Crippen LogP contribution in [0, 0.1) is 0 Å². The average Bonchev–Trinajstić information content (AvgIpc) is 2.63. The predicted molar refractivity (Wildman–Crippen MR) is 103 cm³/mol. The van der Waals surface area contributed by atoms with E-state index < -0.39 is 0 Å². The van der Waals surface area contributed by atoms with Crippen LogP contribution >= 0.6 is 0 Å². The van der Waals surface area contributed by atoms with E-state index in [9.17, 15) is 0 Å². The minimum absolute atomic E-state index is 0.910. The van der Waals surface area contributed by atoms with Gasteiger partial charge < -0.3 is 10.6 Å². The molecule has 0 spiro atoms. The summed E-state index contributed by atoms with van der Waals surface area (Å²) in [5, 5.41) is 6.80. The normalized spacial score (nSPS) is 10.6. The summed E-state index contributed by atoms with van der Waals surface area (Å²) in [6.45, 7) is 6.37. The molecule has 0 saturated carbocycles. The van der Waals surface area contributed by atoms with E-state index in [1.165, 1.54) is 38.5 Å². The predicted octanol–water partition coefficient (Wildman–Crippen LogP) is 5.35. The molecule has 0 aliphatic carbocycles. The molecule has 2 aromatic rings. The smallest absolute Gasteiger partial charge is 0.126 e. The summed E-state index contributed by atoms with van der Waals surface area (Å²) in [7, 11) is 0. The largest absolute Gasteiger partial charge is 0.370 e. The third-order valence-electron chi connectivity index (χ3n) is 3.93. The van der Waals surface area contributed by atoms with Gasteiger partial charge in [-0.3, -0.25) is 0 Å². The van der Waals surface area contributed by atoms with Gasteiger partial charge in [0.05, 0.1) is 11.4 Å². The fraction of sp³-hybridized carbons (Fsp3) is 0.500. The second-order valence-electron chi connectivity index (χ2n) is 6.08.